The van der Waals surface area contributed by atoms with Gasteiger partial charge in [0.15, 0.2) is 23.0 Å². The minimum atomic E-state index is 0.134. The Morgan fingerprint density at radius 1 is 0.917 bits per heavy atom. The van der Waals surface area contributed by atoms with Gasteiger partial charge in [0.25, 0.3) is 0 Å². The van der Waals surface area contributed by atoms with E-state index in [1.54, 1.807) is 0 Å². The Kier molecular flexibility index (Phi) is 2.27. The van der Waals surface area contributed by atoms with Gasteiger partial charge in [-0.05, 0) is 48.2 Å². The fraction of sp³-hybridized carbons (Fsp3) is 0.333. The van der Waals surface area contributed by atoms with E-state index in [9.17, 15) is 5.11 Å². The fourth-order valence-electron chi connectivity index (χ4n) is 4.36. The third-order valence-corrected chi connectivity index (χ3v) is 5.32. The van der Waals surface area contributed by atoms with Crippen molar-refractivity contribution < 1.29 is 24.1 Å². The van der Waals surface area contributed by atoms with Crippen molar-refractivity contribution in [3.8, 4) is 39.9 Å². The standard InChI is InChI=1S/C18H15NO5/c20-16-14-9(5-12-18(16)24-7-22-12)3-10-13-8(1-2-19-10)4-11-17(15(13)14)23-6-21-11/h4-5,10,19-20H,1-3,6-7H2. The van der Waals surface area contributed by atoms with Crippen LogP contribution < -0.4 is 24.3 Å². The second-order valence-electron chi connectivity index (χ2n) is 6.51. The Morgan fingerprint density at radius 3 is 2.54 bits per heavy atom. The van der Waals surface area contributed by atoms with Crippen molar-refractivity contribution in [1.29, 1.82) is 0 Å². The molecule has 0 amide bonds. The first-order chi connectivity index (χ1) is 11.8. The van der Waals surface area contributed by atoms with Gasteiger partial charge in [-0.2, -0.15) is 0 Å². The Labute approximate surface area is 137 Å². The van der Waals surface area contributed by atoms with Crippen LogP contribution in [0, 0.1) is 0 Å². The van der Waals surface area contributed by atoms with Crippen molar-refractivity contribution in [2.75, 3.05) is 20.1 Å². The average Bonchev–Trinajstić information content (AvgIpc) is 3.23. The molecule has 3 aliphatic heterocycles. The number of ether oxygens (including phenoxy) is 4. The summed E-state index contributed by atoms with van der Waals surface area (Å²) in [5, 5.41) is 14.5. The SMILES string of the molecule is Oc1c2c(cc3c1-c1c4c(cc5c1C(C3)NCC5)OCO4)OCO2. The van der Waals surface area contributed by atoms with Gasteiger partial charge in [0.1, 0.15) is 0 Å². The van der Waals surface area contributed by atoms with Crippen molar-refractivity contribution in [3.63, 3.8) is 0 Å². The first kappa shape index (κ1) is 12.8. The van der Waals surface area contributed by atoms with Gasteiger partial charge in [0, 0.05) is 17.2 Å². The van der Waals surface area contributed by atoms with Gasteiger partial charge in [-0.15, -0.1) is 0 Å². The van der Waals surface area contributed by atoms with Crippen LogP contribution in [0.2, 0.25) is 0 Å². The summed E-state index contributed by atoms with van der Waals surface area (Å²) in [5.74, 6) is 2.64. The summed E-state index contributed by atoms with van der Waals surface area (Å²) >= 11 is 0. The number of phenolic OH excluding ortho intramolecular Hbond substituents is 1. The Bertz CT molecular complexity index is 907. The smallest absolute Gasteiger partial charge is 0.231 e. The molecule has 0 saturated heterocycles. The van der Waals surface area contributed by atoms with E-state index >= 15 is 0 Å². The predicted molar refractivity (Wildman–Crippen MR) is 83.9 cm³/mol. The minimum absolute atomic E-state index is 0.134. The molecule has 24 heavy (non-hydrogen) atoms. The first-order valence-corrected chi connectivity index (χ1v) is 8.15. The number of nitrogens with one attached hydrogen (secondary N) is 1. The van der Waals surface area contributed by atoms with Crippen LogP contribution in [-0.4, -0.2) is 25.2 Å². The molecular formula is C18H15NO5. The Balaban J connectivity index is 1.73. The summed E-state index contributed by atoms with van der Waals surface area (Å²) in [6, 6.07) is 4.28. The largest absolute Gasteiger partial charge is 0.504 e. The number of hydrogen-bond acceptors (Lipinski definition) is 6. The zero-order valence-corrected chi connectivity index (χ0v) is 12.8. The topological polar surface area (TPSA) is 69.2 Å². The van der Waals surface area contributed by atoms with Crippen molar-refractivity contribution in [2.24, 2.45) is 0 Å². The lowest BCUT2D eigenvalue weighted by atomic mass is 9.77. The van der Waals surface area contributed by atoms with Gasteiger partial charge in [-0.1, -0.05) is 0 Å². The summed E-state index contributed by atoms with van der Waals surface area (Å²) in [6.45, 7) is 1.28. The maximum atomic E-state index is 10.9. The molecule has 6 rings (SSSR count). The molecule has 1 atom stereocenters. The lowest BCUT2D eigenvalue weighted by Gasteiger charge is -2.35. The molecule has 122 valence electrons. The van der Waals surface area contributed by atoms with E-state index in [1.165, 1.54) is 11.1 Å². The van der Waals surface area contributed by atoms with Gasteiger partial charge >= 0.3 is 0 Å². The molecule has 6 heteroatoms. The average molecular weight is 325 g/mol. The number of phenols is 1. The molecule has 0 spiro atoms. The highest BCUT2D eigenvalue weighted by molar-refractivity contribution is 5.89. The monoisotopic (exact) mass is 325 g/mol. The van der Waals surface area contributed by atoms with Crippen LogP contribution in [0.1, 0.15) is 22.7 Å². The van der Waals surface area contributed by atoms with Crippen LogP contribution in [0.15, 0.2) is 12.1 Å². The van der Waals surface area contributed by atoms with Crippen LogP contribution in [0.3, 0.4) is 0 Å². The van der Waals surface area contributed by atoms with Gasteiger partial charge < -0.3 is 29.4 Å². The third kappa shape index (κ3) is 1.45. The maximum absolute atomic E-state index is 10.9. The second-order valence-corrected chi connectivity index (χ2v) is 6.51. The van der Waals surface area contributed by atoms with Gasteiger partial charge in [-0.3, -0.25) is 0 Å². The van der Waals surface area contributed by atoms with E-state index in [1.807, 2.05) is 6.07 Å². The third-order valence-electron chi connectivity index (χ3n) is 5.32. The van der Waals surface area contributed by atoms with E-state index in [4.69, 9.17) is 18.9 Å². The van der Waals surface area contributed by atoms with E-state index in [0.717, 1.165) is 47.6 Å². The normalized spacial score (nSPS) is 21.4. The van der Waals surface area contributed by atoms with Crippen LogP contribution in [0.25, 0.3) is 11.1 Å². The summed E-state index contributed by atoms with van der Waals surface area (Å²) < 4.78 is 22.3. The highest BCUT2D eigenvalue weighted by Gasteiger charge is 2.39. The lowest BCUT2D eigenvalue weighted by molar-refractivity contribution is 0.171. The molecule has 4 aliphatic rings. The first-order valence-electron chi connectivity index (χ1n) is 8.15. The van der Waals surface area contributed by atoms with Gasteiger partial charge in [0.05, 0.1) is 0 Å². The number of fused-ring (bicyclic) bond motifs is 5. The molecule has 0 aromatic heterocycles. The molecule has 2 aromatic rings. The Morgan fingerprint density at radius 2 is 1.67 bits per heavy atom. The van der Waals surface area contributed by atoms with Crippen molar-refractivity contribution >= 4 is 0 Å². The van der Waals surface area contributed by atoms with Gasteiger partial charge in [-0.25, -0.2) is 0 Å². The number of hydrogen-bond donors (Lipinski definition) is 2. The van der Waals surface area contributed by atoms with Crippen LogP contribution >= 0.6 is 0 Å². The van der Waals surface area contributed by atoms with Crippen LogP contribution in [-0.2, 0) is 12.8 Å². The highest BCUT2D eigenvalue weighted by atomic mass is 16.7. The molecule has 0 bridgehead atoms. The van der Waals surface area contributed by atoms with E-state index < -0.39 is 0 Å². The number of aromatic hydroxyl groups is 1. The minimum Gasteiger partial charge on any atom is -0.504 e. The number of benzene rings is 2. The number of rotatable bonds is 0. The predicted octanol–water partition coefficient (Wildman–Crippen LogP) is 2.26. The van der Waals surface area contributed by atoms with Gasteiger partial charge in [0.2, 0.25) is 19.3 Å². The summed E-state index contributed by atoms with van der Waals surface area (Å²) in [5.41, 5.74) is 5.25. The molecule has 1 unspecified atom stereocenters. The molecule has 0 fully saturated rings. The maximum Gasteiger partial charge on any atom is 0.231 e. The van der Waals surface area contributed by atoms with Crippen molar-refractivity contribution in [3.05, 3.63) is 28.8 Å². The highest BCUT2D eigenvalue weighted by Crippen LogP contribution is 2.58. The van der Waals surface area contributed by atoms with E-state index in [2.05, 4.69) is 11.4 Å². The summed E-state index contributed by atoms with van der Waals surface area (Å²) in [4.78, 5) is 0. The van der Waals surface area contributed by atoms with Crippen LogP contribution in [0.5, 0.6) is 28.7 Å². The summed E-state index contributed by atoms with van der Waals surface area (Å²) in [6.07, 6.45) is 1.75. The zero-order chi connectivity index (χ0) is 15.8. The van der Waals surface area contributed by atoms with Crippen LogP contribution in [0.4, 0.5) is 0 Å². The fourth-order valence-corrected chi connectivity index (χ4v) is 4.36. The molecule has 0 saturated carbocycles. The molecule has 6 nitrogen and oxygen atoms in total. The van der Waals surface area contributed by atoms with E-state index in [-0.39, 0.29) is 25.4 Å². The zero-order valence-electron chi connectivity index (χ0n) is 12.8. The Hall–Kier alpha value is -2.60. The summed E-state index contributed by atoms with van der Waals surface area (Å²) in [7, 11) is 0. The van der Waals surface area contributed by atoms with Crippen molar-refractivity contribution in [2.45, 2.75) is 18.9 Å². The molecular weight excluding hydrogens is 310 g/mol. The lowest BCUT2D eigenvalue weighted by Crippen LogP contribution is -2.33. The van der Waals surface area contributed by atoms with E-state index in [0.29, 0.717) is 11.5 Å². The molecule has 0 radical (unpaired) electrons. The molecule has 1 aliphatic carbocycles. The second kappa shape index (κ2) is 4.27. The molecule has 2 aromatic carbocycles. The quantitative estimate of drug-likeness (QED) is 0.774. The molecule has 3 heterocycles. The molecule has 2 N–H and O–H groups in total. The van der Waals surface area contributed by atoms with Crippen molar-refractivity contribution in [1.82, 2.24) is 5.32 Å².